The van der Waals surface area contributed by atoms with Crippen molar-refractivity contribution in [3.05, 3.63) is 59.1 Å². The van der Waals surface area contributed by atoms with E-state index in [0.717, 1.165) is 30.2 Å². The van der Waals surface area contributed by atoms with Gasteiger partial charge in [-0.15, -0.1) is 0 Å². The van der Waals surface area contributed by atoms with Gasteiger partial charge in [-0.1, -0.05) is 35.7 Å². The fourth-order valence-corrected chi connectivity index (χ4v) is 3.10. The van der Waals surface area contributed by atoms with Gasteiger partial charge in [-0.25, -0.2) is 0 Å². The predicted molar refractivity (Wildman–Crippen MR) is 111 cm³/mol. The molecule has 0 bridgehead atoms. The van der Waals surface area contributed by atoms with Crippen molar-refractivity contribution in [2.24, 2.45) is 0 Å². The van der Waals surface area contributed by atoms with Crippen LogP contribution in [0.3, 0.4) is 0 Å². The Balaban J connectivity index is 1.62. The van der Waals surface area contributed by atoms with Crippen LogP contribution in [-0.4, -0.2) is 32.5 Å². The minimum atomic E-state index is 0.417. The average molecular weight is 379 g/mol. The fraction of sp³-hybridized carbons (Fsp3) is 0.400. The first-order valence-electron chi connectivity index (χ1n) is 8.57. The first-order valence-corrected chi connectivity index (χ1v) is 10.1. The highest BCUT2D eigenvalue weighted by molar-refractivity contribution is 7.99. The molecule has 5 heteroatoms. The number of halogens is 1. The minimum Gasteiger partial charge on any atom is -0.494 e. The Bertz CT molecular complexity index is 636. The summed E-state index contributed by atoms with van der Waals surface area (Å²) in [7, 11) is 2.05. The molecule has 0 saturated carbocycles. The molecule has 0 amide bonds. The summed E-state index contributed by atoms with van der Waals surface area (Å²) in [4.78, 5) is 0. The lowest BCUT2D eigenvalue weighted by molar-refractivity contribution is 0.305. The molecule has 0 fully saturated rings. The molecule has 2 aromatic rings. The number of anilines is 1. The maximum absolute atomic E-state index is 6.03. The second-order valence-corrected chi connectivity index (χ2v) is 7.41. The lowest BCUT2D eigenvalue weighted by Crippen LogP contribution is -2.29. The van der Waals surface area contributed by atoms with E-state index in [1.165, 1.54) is 11.3 Å². The summed E-state index contributed by atoms with van der Waals surface area (Å²) in [6, 6.07) is 16.7. The summed E-state index contributed by atoms with van der Waals surface area (Å²) in [5.74, 6) is 0.922. The summed E-state index contributed by atoms with van der Waals surface area (Å²) >= 11 is 7.72. The average Bonchev–Trinajstić information content (AvgIpc) is 2.61. The van der Waals surface area contributed by atoms with Crippen LogP contribution in [0, 0.1) is 0 Å². The normalized spacial score (nSPS) is 12.0. The second kappa shape index (κ2) is 10.6. The van der Waals surface area contributed by atoms with E-state index in [1.807, 2.05) is 30.3 Å². The van der Waals surface area contributed by atoms with Gasteiger partial charge >= 0.3 is 0 Å². The van der Waals surface area contributed by atoms with Crippen LogP contribution in [0.1, 0.15) is 18.9 Å². The van der Waals surface area contributed by atoms with E-state index in [4.69, 9.17) is 16.3 Å². The van der Waals surface area contributed by atoms with Crippen LogP contribution in [0.5, 0.6) is 5.75 Å². The first-order chi connectivity index (χ1) is 12.1. The molecule has 0 heterocycles. The van der Waals surface area contributed by atoms with E-state index < -0.39 is 0 Å². The second-order valence-electron chi connectivity index (χ2n) is 6.07. The molecule has 0 aromatic heterocycles. The van der Waals surface area contributed by atoms with Crippen LogP contribution in [-0.2, 0) is 6.42 Å². The van der Waals surface area contributed by atoms with Crippen molar-refractivity contribution >= 4 is 29.2 Å². The maximum Gasteiger partial charge on any atom is 0.119 e. The Kier molecular flexibility index (Phi) is 8.45. The van der Waals surface area contributed by atoms with Gasteiger partial charge in [0.15, 0.2) is 0 Å². The third kappa shape index (κ3) is 7.18. The molecule has 2 rings (SSSR count). The number of benzene rings is 2. The number of hydrogen-bond acceptors (Lipinski definition) is 4. The molecule has 1 atom stereocenters. The van der Waals surface area contributed by atoms with Gasteiger partial charge in [-0.2, -0.15) is 0 Å². The molecule has 0 aliphatic heterocycles. The molecule has 0 spiro atoms. The molecule has 1 N–H and O–H groups in total. The fourth-order valence-electron chi connectivity index (χ4n) is 2.56. The van der Waals surface area contributed by atoms with Crippen LogP contribution in [0.15, 0.2) is 48.5 Å². The number of rotatable bonds is 10. The summed E-state index contributed by atoms with van der Waals surface area (Å²) in [5.41, 5.74) is 2.44. The minimum absolute atomic E-state index is 0.417. The lowest BCUT2D eigenvalue weighted by atomic mass is 10.1. The molecule has 1 unspecified atom stereocenters. The Morgan fingerprint density at radius 2 is 1.96 bits per heavy atom. The largest absolute Gasteiger partial charge is 0.494 e. The zero-order chi connectivity index (χ0) is 18.1. The monoisotopic (exact) mass is 378 g/mol. The van der Waals surface area contributed by atoms with E-state index in [0.29, 0.717) is 12.6 Å². The van der Waals surface area contributed by atoms with Crippen molar-refractivity contribution in [1.29, 1.82) is 0 Å². The summed E-state index contributed by atoms with van der Waals surface area (Å²) < 4.78 is 7.93. The van der Waals surface area contributed by atoms with Gasteiger partial charge in [0.2, 0.25) is 0 Å². The molecule has 25 heavy (non-hydrogen) atoms. The van der Waals surface area contributed by atoms with Gasteiger partial charge < -0.3 is 14.4 Å². The third-order valence-electron chi connectivity index (χ3n) is 3.99. The van der Waals surface area contributed by atoms with Gasteiger partial charge in [0.1, 0.15) is 5.75 Å². The highest BCUT2D eigenvalue weighted by Gasteiger charge is 2.04. The summed E-state index contributed by atoms with van der Waals surface area (Å²) in [6.45, 7) is 3.85. The number of nitrogens with zero attached hydrogens (tertiary/aromatic N) is 1. The van der Waals surface area contributed by atoms with Crippen molar-refractivity contribution in [2.75, 3.05) is 30.8 Å². The van der Waals surface area contributed by atoms with Crippen molar-refractivity contribution in [3.63, 3.8) is 0 Å². The van der Waals surface area contributed by atoms with Gasteiger partial charge in [0, 0.05) is 30.1 Å². The molecule has 0 aliphatic rings. The van der Waals surface area contributed by atoms with Gasteiger partial charge in [0.05, 0.1) is 6.61 Å². The Hall–Kier alpha value is -1.36. The SMILES string of the molecule is CSN(C)c1ccc(OCCCNC(C)Cc2cccc(Cl)c2)cc1. The van der Waals surface area contributed by atoms with Crippen molar-refractivity contribution < 1.29 is 4.74 Å². The highest BCUT2D eigenvalue weighted by Crippen LogP contribution is 2.22. The van der Waals surface area contributed by atoms with E-state index in [2.05, 4.69) is 48.0 Å². The molecular weight excluding hydrogens is 352 g/mol. The Labute approximate surface area is 160 Å². The molecule has 3 nitrogen and oxygen atoms in total. The number of ether oxygens (including phenoxy) is 1. The topological polar surface area (TPSA) is 24.5 Å². The van der Waals surface area contributed by atoms with Crippen LogP contribution >= 0.6 is 23.5 Å². The van der Waals surface area contributed by atoms with Gasteiger partial charge in [0.25, 0.3) is 0 Å². The maximum atomic E-state index is 6.03. The van der Waals surface area contributed by atoms with E-state index >= 15 is 0 Å². The van der Waals surface area contributed by atoms with Gasteiger partial charge in [-0.05, 0) is 68.3 Å². The molecule has 0 radical (unpaired) electrons. The molecule has 2 aromatic carbocycles. The number of nitrogens with one attached hydrogen (secondary N) is 1. The Morgan fingerprint density at radius 3 is 2.64 bits per heavy atom. The molecule has 0 saturated heterocycles. The zero-order valence-corrected chi connectivity index (χ0v) is 16.7. The van der Waals surface area contributed by atoms with Crippen LogP contribution in [0.4, 0.5) is 5.69 Å². The first kappa shape index (κ1) is 20.0. The van der Waals surface area contributed by atoms with Crippen LogP contribution in [0.2, 0.25) is 5.02 Å². The van der Waals surface area contributed by atoms with Crippen molar-refractivity contribution in [2.45, 2.75) is 25.8 Å². The van der Waals surface area contributed by atoms with Crippen molar-refractivity contribution in [3.8, 4) is 5.75 Å². The van der Waals surface area contributed by atoms with E-state index in [9.17, 15) is 0 Å². The molecule has 0 aliphatic carbocycles. The van der Waals surface area contributed by atoms with Crippen molar-refractivity contribution in [1.82, 2.24) is 5.32 Å². The van der Waals surface area contributed by atoms with Crippen LogP contribution in [0.25, 0.3) is 0 Å². The highest BCUT2D eigenvalue weighted by atomic mass is 35.5. The van der Waals surface area contributed by atoms with Gasteiger partial charge in [-0.3, -0.25) is 0 Å². The predicted octanol–water partition coefficient (Wildman–Crippen LogP) is 5.04. The van der Waals surface area contributed by atoms with E-state index in [1.54, 1.807) is 11.9 Å². The molecular formula is C20H27ClN2OS. The zero-order valence-electron chi connectivity index (χ0n) is 15.2. The molecule has 136 valence electrons. The Morgan fingerprint density at radius 1 is 1.20 bits per heavy atom. The summed E-state index contributed by atoms with van der Waals surface area (Å²) in [5, 5.41) is 4.33. The quantitative estimate of drug-likeness (QED) is 0.462. The smallest absolute Gasteiger partial charge is 0.119 e. The third-order valence-corrected chi connectivity index (χ3v) is 4.98. The number of hydrogen-bond donors (Lipinski definition) is 1. The van der Waals surface area contributed by atoms with E-state index in [-0.39, 0.29) is 0 Å². The standard InChI is InChI=1S/C20H27ClN2OS/c1-16(14-17-6-4-7-18(21)15-17)22-12-5-13-24-20-10-8-19(9-11-20)23(2)25-3/h4,6-11,15-16,22H,5,12-14H2,1-3H3. The summed E-state index contributed by atoms with van der Waals surface area (Å²) in [6.07, 6.45) is 4.02. The van der Waals surface area contributed by atoms with Crippen LogP contribution < -0.4 is 14.4 Å². The lowest BCUT2D eigenvalue weighted by Gasteiger charge is -2.16.